The van der Waals surface area contributed by atoms with Crippen molar-refractivity contribution in [1.82, 2.24) is 0 Å². The van der Waals surface area contributed by atoms with E-state index >= 15 is 0 Å². The Hall–Kier alpha value is -2.63. The molecule has 110 valence electrons. The Labute approximate surface area is 122 Å². The van der Waals surface area contributed by atoms with Gasteiger partial charge in [-0.15, -0.1) is 5.11 Å². The predicted octanol–water partition coefficient (Wildman–Crippen LogP) is 2.88. The maximum absolute atomic E-state index is 11.6. The second-order valence-electron chi connectivity index (χ2n) is 4.25. The highest BCUT2D eigenvalue weighted by Crippen LogP contribution is 2.24. The fourth-order valence-corrected chi connectivity index (χ4v) is 1.84. The van der Waals surface area contributed by atoms with Gasteiger partial charge in [-0.1, -0.05) is 12.1 Å². The van der Waals surface area contributed by atoms with Gasteiger partial charge in [0.1, 0.15) is 5.75 Å². The fourth-order valence-electron chi connectivity index (χ4n) is 1.84. The summed E-state index contributed by atoms with van der Waals surface area (Å²) in [5.41, 5.74) is 1.44. The van der Waals surface area contributed by atoms with Gasteiger partial charge in [-0.3, -0.25) is 0 Å². The quantitative estimate of drug-likeness (QED) is 0.864. The number of hydrogen-bond donors (Lipinski definition) is 1. The van der Waals surface area contributed by atoms with Crippen LogP contribution in [0.2, 0.25) is 0 Å². The smallest absolute Gasteiger partial charge is 0.362 e. The van der Waals surface area contributed by atoms with Gasteiger partial charge in [0.2, 0.25) is 5.70 Å². The van der Waals surface area contributed by atoms with Crippen LogP contribution in [0.4, 0.5) is 0 Å². The molecule has 1 aromatic rings. The van der Waals surface area contributed by atoms with Crippen LogP contribution in [0.5, 0.6) is 5.75 Å². The zero-order valence-electron chi connectivity index (χ0n) is 11.9. The molecular weight excluding hydrogens is 272 g/mol. The van der Waals surface area contributed by atoms with Crippen LogP contribution in [-0.2, 0) is 9.53 Å². The van der Waals surface area contributed by atoms with Crippen molar-refractivity contribution in [3.8, 4) is 5.75 Å². The third kappa shape index (κ3) is 3.47. The number of esters is 1. The van der Waals surface area contributed by atoms with Crippen LogP contribution in [-0.4, -0.2) is 31.3 Å². The molecular formula is C15H16N2O4. The molecule has 6 nitrogen and oxygen atoms in total. The summed E-state index contributed by atoms with van der Waals surface area (Å²) in [4.78, 5) is 11.6. The minimum absolute atomic E-state index is 0.180. The maximum atomic E-state index is 11.6. The fraction of sp³-hybridized carbons (Fsp3) is 0.267. The number of allylic oxidation sites excluding steroid dienone is 1. The lowest BCUT2D eigenvalue weighted by Crippen LogP contribution is -2.07. The number of methoxy groups -OCH3 is 1. The number of aliphatic hydroxyl groups is 1. The molecule has 1 N–H and O–H groups in total. The van der Waals surface area contributed by atoms with Crippen LogP contribution in [0.3, 0.4) is 0 Å². The first-order valence-corrected chi connectivity index (χ1v) is 6.48. The molecule has 0 saturated carbocycles. The van der Waals surface area contributed by atoms with E-state index < -0.39 is 5.97 Å². The number of nitrogens with zero attached hydrogens (tertiary/aromatic N) is 2. The Morgan fingerprint density at radius 2 is 2.05 bits per heavy atom. The van der Waals surface area contributed by atoms with Gasteiger partial charge in [0, 0.05) is 0 Å². The molecule has 0 saturated heterocycles. The monoisotopic (exact) mass is 288 g/mol. The first-order valence-electron chi connectivity index (χ1n) is 6.48. The molecule has 1 aromatic carbocycles. The van der Waals surface area contributed by atoms with E-state index in [0.717, 1.165) is 16.9 Å². The second kappa shape index (κ2) is 6.69. The van der Waals surface area contributed by atoms with Crippen LogP contribution >= 0.6 is 0 Å². The molecule has 0 bridgehead atoms. The third-order valence-electron chi connectivity index (χ3n) is 2.89. The van der Waals surface area contributed by atoms with E-state index in [1.807, 2.05) is 24.3 Å². The molecule has 0 atom stereocenters. The van der Waals surface area contributed by atoms with Crippen molar-refractivity contribution in [2.75, 3.05) is 20.3 Å². The first kappa shape index (κ1) is 14.8. The zero-order valence-corrected chi connectivity index (χ0v) is 11.9. The molecule has 0 spiro atoms. The molecule has 0 unspecified atom stereocenters. The number of ether oxygens (including phenoxy) is 2. The lowest BCUT2D eigenvalue weighted by atomic mass is 10.0. The Morgan fingerprint density at radius 3 is 2.67 bits per heavy atom. The van der Waals surface area contributed by atoms with Crippen molar-refractivity contribution in [3.05, 3.63) is 47.4 Å². The largest absolute Gasteiger partial charge is 0.505 e. The maximum Gasteiger partial charge on any atom is 0.362 e. The van der Waals surface area contributed by atoms with Crippen LogP contribution in [0, 0.1) is 0 Å². The SMILES string of the molecule is CCOC(=O)C1=C(O)C=C(c2ccc(OC)cc2)CN=N1. The van der Waals surface area contributed by atoms with Crippen LogP contribution in [0.1, 0.15) is 12.5 Å². The summed E-state index contributed by atoms with van der Waals surface area (Å²) in [5, 5.41) is 17.7. The summed E-state index contributed by atoms with van der Waals surface area (Å²) in [6.45, 7) is 2.15. The summed E-state index contributed by atoms with van der Waals surface area (Å²) in [6, 6.07) is 7.32. The van der Waals surface area contributed by atoms with Gasteiger partial charge in [0.05, 0.1) is 20.3 Å². The lowest BCUT2D eigenvalue weighted by Gasteiger charge is -2.05. The number of hydrogen-bond acceptors (Lipinski definition) is 6. The highest BCUT2D eigenvalue weighted by atomic mass is 16.5. The van der Waals surface area contributed by atoms with Crippen molar-refractivity contribution >= 4 is 11.5 Å². The molecule has 0 radical (unpaired) electrons. The van der Waals surface area contributed by atoms with E-state index in [0.29, 0.717) is 0 Å². The highest BCUT2D eigenvalue weighted by Gasteiger charge is 2.18. The number of rotatable bonds is 4. The second-order valence-corrected chi connectivity index (χ2v) is 4.25. The first-order chi connectivity index (χ1) is 10.2. The number of carbonyl (C=O) groups is 1. The molecule has 6 heteroatoms. The predicted molar refractivity (Wildman–Crippen MR) is 77.0 cm³/mol. The van der Waals surface area contributed by atoms with Crippen molar-refractivity contribution in [3.63, 3.8) is 0 Å². The topological polar surface area (TPSA) is 80.5 Å². The number of carbonyl (C=O) groups excluding carboxylic acids is 1. The summed E-state index contributed by atoms with van der Waals surface area (Å²) < 4.78 is 9.92. The van der Waals surface area contributed by atoms with E-state index in [1.165, 1.54) is 6.08 Å². The standard InChI is InChI=1S/C15H16N2O4/c1-3-21-15(19)14-13(18)8-11(9-16-17-14)10-4-6-12(20-2)7-5-10/h4-8,18H,3,9H2,1-2H3. The molecule has 0 amide bonds. The number of benzene rings is 1. The molecule has 1 aliphatic rings. The van der Waals surface area contributed by atoms with Crippen molar-refractivity contribution in [2.45, 2.75) is 6.92 Å². The molecule has 21 heavy (non-hydrogen) atoms. The molecule has 1 heterocycles. The van der Waals surface area contributed by atoms with Gasteiger partial charge in [-0.25, -0.2) is 4.79 Å². The average Bonchev–Trinajstić information content (AvgIpc) is 2.69. The van der Waals surface area contributed by atoms with Gasteiger partial charge in [0.15, 0.2) is 5.76 Å². The van der Waals surface area contributed by atoms with Crippen molar-refractivity contribution in [2.24, 2.45) is 10.2 Å². The van der Waals surface area contributed by atoms with E-state index in [2.05, 4.69) is 10.2 Å². The van der Waals surface area contributed by atoms with E-state index in [-0.39, 0.29) is 24.6 Å². The Morgan fingerprint density at radius 1 is 1.33 bits per heavy atom. The van der Waals surface area contributed by atoms with E-state index in [9.17, 15) is 9.90 Å². The molecule has 0 fully saturated rings. The highest BCUT2D eigenvalue weighted by molar-refractivity contribution is 5.89. The third-order valence-corrected chi connectivity index (χ3v) is 2.89. The van der Waals surface area contributed by atoms with Crippen LogP contribution in [0.25, 0.3) is 5.57 Å². The normalized spacial score (nSPS) is 14.5. The van der Waals surface area contributed by atoms with E-state index in [1.54, 1.807) is 14.0 Å². The van der Waals surface area contributed by atoms with E-state index in [4.69, 9.17) is 9.47 Å². The molecule has 1 aliphatic heterocycles. The number of azo groups is 1. The minimum atomic E-state index is -0.689. The van der Waals surface area contributed by atoms with Gasteiger partial charge >= 0.3 is 5.97 Å². The van der Waals surface area contributed by atoms with Crippen LogP contribution in [0.15, 0.2) is 52.0 Å². The Balaban J connectivity index is 2.31. The summed E-state index contributed by atoms with van der Waals surface area (Å²) in [7, 11) is 1.59. The summed E-state index contributed by atoms with van der Waals surface area (Å²) >= 11 is 0. The summed E-state index contributed by atoms with van der Waals surface area (Å²) in [5.74, 6) is -0.201. The molecule has 0 aromatic heterocycles. The van der Waals surface area contributed by atoms with Crippen LogP contribution < -0.4 is 4.74 Å². The Bertz CT molecular complexity index is 615. The van der Waals surface area contributed by atoms with Gasteiger partial charge in [-0.2, -0.15) is 5.11 Å². The number of aliphatic hydroxyl groups excluding tert-OH is 1. The average molecular weight is 288 g/mol. The van der Waals surface area contributed by atoms with Crippen molar-refractivity contribution in [1.29, 1.82) is 0 Å². The van der Waals surface area contributed by atoms with Gasteiger partial charge in [0.25, 0.3) is 0 Å². The van der Waals surface area contributed by atoms with Crippen molar-refractivity contribution < 1.29 is 19.4 Å². The Kier molecular flexibility index (Phi) is 4.71. The van der Waals surface area contributed by atoms with Gasteiger partial charge in [-0.05, 0) is 36.3 Å². The lowest BCUT2D eigenvalue weighted by molar-refractivity contribution is -0.138. The molecule has 0 aliphatic carbocycles. The summed E-state index contributed by atoms with van der Waals surface area (Å²) in [6.07, 6.45) is 1.48. The minimum Gasteiger partial charge on any atom is -0.505 e. The zero-order chi connectivity index (χ0) is 15.2. The molecule has 2 rings (SSSR count). The van der Waals surface area contributed by atoms with Gasteiger partial charge < -0.3 is 14.6 Å².